The minimum Gasteiger partial charge on any atom is -0.123 e. The van der Waals surface area contributed by atoms with Crippen molar-refractivity contribution in [3.8, 4) is 0 Å². The monoisotopic (exact) mass is 296 g/mol. The molecule has 0 radical (unpaired) electrons. The maximum atomic E-state index is 2.48. The van der Waals surface area contributed by atoms with Crippen LogP contribution in [0, 0.1) is 0 Å². The minimum atomic E-state index is 0.179. The van der Waals surface area contributed by atoms with E-state index in [0.717, 1.165) is 8.19 Å². The van der Waals surface area contributed by atoms with Crippen molar-refractivity contribution in [2.24, 2.45) is 0 Å². The van der Waals surface area contributed by atoms with Gasteiger partial charge in [-0.05, 0) is 55.1 Å². The molecule has 1 unspecified atom stereocenters. The molecule has 0 aliphatic heterocycles. The van der Waals surface area contributed by atoms with Crippen LogP contribution >= 0.6 is 8.19 Å². The van der Waals surface area contributed by atoms with E-state index in [1.54, 1.807) is 0 Å². The minimum absolute atomic E-state index is 0.179. The van der Waals surface area contributed by atoms with Crippen LogP contribution in [0.5, 0.6) is 0 Å². The van der Waals surface area contributed by atoms with Crippen molar-refractivity contribution in [3.05, 3.63) is 47.5 Å². The molecule has 21 heavy (non-hydrogen) atoms. The van der Waals surface area contributed by atoms with Gasteiger partial charge in [0.05, 0.1) is 0 Å². The molecule has 1 heterocycles. The predicted octanol–water partition coefficient (Wildman–Crippen LogP) is 6.62. The number of hydrogen-bond acceptors (Lipinski definition) is 0. The summed E-state index contributed by atoms with van der Waals surface area (Å²) >= 11 is 0. The quantitative estimate of drug-likeness (QED) is 0.437. The van der Waals surface area contributed by atoms with Gasteiger partial charge >= 0.3 is 0 Å². The Bertz CT molecular complexity index is 807. The van der Waals surface area contributed by atoms with E-state index in [2.05, 4.69) is 77.9 Å². The topological polar surface area (TPSA) is 0 Å². The molecule has 1 atom stereocenters. The first-order chi connectivity index (χ1) is 9.68. The smallest absolute Gasteiger partial charge is 0.000289 e. The normalized spacial score (nSPS) is 13.6. The van der Waals surface area contributed by atoms with E-state index in [1.807, 2.05) is 0 Å². The highest BCUT2D eigenvalue weighted by Gasteiger charge is 2.26. The summed E-state index contributed by atoms with van der Waals surface area (Å²) in [6, 6.07) is 13.8. The second-order valence-corrected chi connectivity index (χ2v) is 9.44. The lowest BCUT2D eigenvalue weighted by Crippen LogP contribution is -2.21. The lowest BCUT2D eigenvalue weighted by atomic mass is 9.75. The zero-order valence-corrected chi connectivity index (χ0v) is 15.0. The molecule has 0 aliphatic rings. The molecule has 0 saturated heterocycles. The molecule has 0 nitrogen and oxygen atoms in total. The molecule has 2 aromatic carbocycles. The van der Waals surface area contributed by atoms with Gasteiger partial charge in [-0.15, -0.1) is 8.19 Å². The third kappa shape index (κ3) is 2.51. The molecule has 0 aliphatic carbocycles. The zero-order valence-electron chi connectivity index (χ0n) is 14.0. The summed E-state index contributed by atoms with van der Waals surface area (Å²) in [6.45, 7) is 14.0. The summed E-state index contributed by atoms with van der Waals surface area (Å²) in [6.07, 6.45) is 0. The molecule has 1 aromatic heterocycles. The highest BCUT2D eigenvalue weighted by molar-refractivity contribution is 7.43. The Morgan fingerprint density at radius 1 is 0.667 bits per heavy atom. The van der Waals surface area contributed by atoms with E-state index in [-0.39, 0.29) is 10.8 Å². The second kappa shape index (κ2) is 4.62. The van der Waals surface area contributed by atoms with Gasteiger partial charge in [-0.3, -0.25) is 0 Å². The van der Waals surface area contributed by atoms with E-state index in [0.29, 0.717) is 0 Å². The van der Waals surface area contributed by atoms with Crippen LogP contribution in [-0.2, 0) is 10.8 Å². The molecule has 110 valence electrons. The first-order valence-corrected chi connectivity index (χ1v) is 8.73. The SMILES string of the molecule is CC(C)(C)c1cc2[pH]c3ccccc3c2cc1C(C)(C)C. The third-order valence-electron chi connectivity index (χ3n) is 4.26. The van der Waals surface area contributed by atoms with Crippen LogP contribution < -0.4 is 0 Å². The maximum absolute atomic E-state index is 2.48. The van der Waals surface area contributed by atoms with Gasteiger partial charge in [0.2, 0.25) is 0 Å². The first kappa shape index (κ1) is 14.7. The number of rotatable bonds is 0. The molecule has 0 N–H and O–H groups in total. The van der Waals surface area contributed by atoms with Crippen LogP contribution in [0.2, 0.25) is 0 Å². The second-order valence-electron chi connectivity index (χ2n) is 8.11. The van der Waals surface area contributed by atoms with Crippen LogP contribution in [0.25, 0.3) is 21.0 Å². The average molecular weight is 296 g/mol. The molecule has 0 amide bonds. The average Bonchev–Trinajstić information content (AvgIpc) is 2.73. The Morgan fingerprint density at radius 3 is 1.86 bits per heavy atom. The van der Waals surface area contributed by atoms with Gasteiger partial charge in [0.1, 0.15) is 0 Å². The van der Waals surface area contributed by atoms with Crippen LogP contribution in [-0.4, -0.2) is 0 Å². The van der Waals surface area contributed by atoms with Crippen LogP contribution in [0.3, 0.4) is 0 Å². The highest BCUT2D eigenvalue weighted by Crippen LogP contribution is 2.43. The Kier molecular flexibility index (Phi) is 3.22. The van der Waals surface area contributed by atoms with Crippen molar-refractivity contribution in [1.29, 1.82) is 0 Å². The van der Waals surface area contributed by atoms with E-state index in [9.17, 15) is 0 Å². The van der Waals surface area contributed by atoms with Crippen LogP contribution in [0.1, 0.15) is 52.7 Å². The van der Waals surface area contributed by atoms with E-state index in [4.69, 9.17) is 0 Å². The fraction of sp³-hybridized carbons (Fsp3) is 0.400. The fourth-order valence-electron chi connectivity index (χ4n) is 3.14. The van der Waals surface area contributed by atoms with Gasteiger partial charge in [-0.1, -0.05) is 65.8 Å². The van der Waals surface area contributed by atoms with E-state index < -0.39 is 0 Å². The molecule has 0 spiro atoms. The summed E-state index contributed by atoms with van der Waals surface area (Å²) in [4.78, 5) is 0. The van der Waals surface area contributed by atoms with Gasteiger partial charge in [-0.2, -0.15) is 0 Å². The zero-order chi connectivity index (χ0) is 15.4. The number of hydrogen-bond donors (Lipinski definition) is 0. The van der Waals surface area contributed by atoms with Crippen molar-refractivity contribution in [3.63, 3.8) is 0 Å². The lowest BCUT2D eigenvalue weighted by Gasteiger charge is -2.30. The maximum Gasteiger partial charge on any atom is -0.000289 e. The van der Waals surface area contributed by atoms with Crippen LogP contribution in [0.15, 0.2) is 36.4 Å². The van der Waals surface area contributed by atoms with Crippen molar-refractivity contribution in [2.45, 2.75) is 52.4 Å². The van der Waals surface area contributed by atoms with Crippen LogP contribution in [0.4, 0.5) is 0 Å². The van der Waals surface area contributed by atoms with E-state index >= 15 is 0 Å². The van der Waals surface area contributed by atoms with Gasteiger partial charge in [0, 0.05) is 0 Å². The highest BCUT2D eigenvalue weighted by atomic mass is 31.0. The summed E-state index contributed by atoms with van der Waals surface area (Å²) in [5, 5.41) is 5.92. The van der Waals surface area contributed by atoms with Gasteiger partial charge in [-0.25, -0.2) is 0 Å². The third-order valence-corrected chi connectivity index (χ3v) is 5.65. The number of fused-ring (bicyclic) bond motifs is 3. The molecule has 1 heteroatoms. The van der Waals surface area contributed by atoms with Gasteiger partial charge in [0.15, 0.2) is 0 Å². The van der Waals surface area contributed by atoms with Crippen molar-refractivity contribution in [1.82, 2.24) is 0 Å². The summed E-state index contributed by atoms with van der Waals surface area (Å²) in [5.74, 6) is 0. The van der Waals surface area contributed by atoms with Crippen molar-refractivity contribution >= 4 is 29.2 Å². The Labute approximate surface area is 129 Å². The molecule has 0 bridgehead atoms. The largest absolute Gasteiger partial charge is 0.123 e. The lowest BCUT2D eigenvalue weighted by molar-refractivity contribution is 0.531. The van der Waals surface area contributed by atoms with Gasteiger partial charge < -0.3 is 0 Å². The molecule has 3 aromatic rings. The standard InChI is InChI=1S/C20H25P/c1-19(2,3)15-11-14-13-9-7-8-10-17(13)21-18(14)12-16(15)20(4,5)6/h7-12,21H,1-6H3. The molecule has 0 saturated carbocycles. The summed E-state index contributed by atoms with van der Waals surface area (Å²) in [5.41, 5.74) is 3.37. The summed E-state index contributed by atoms with van der Waals surface area (Å²) < 4.78 is 0. The van der Waals surface area contributed by atoms with E-state index in [1.165, 1.54) is 32.1 Å². The first-order valence-electron chi connectivity index (χ1n) is 7.73. The Morgan fingerprint density at radius 2 is 1.24 bits per heavy atom. The molecule has 0 fully saturated rings. The summed E-state index contributed by atoms with van der Waals surface area (Å²) in [7, 11) is 0.806. The molecular formula is C20H25P. The predicted molar refractivity (Wildman–Crippen MR) is 98.4 cm³/mol. The Balaban J connectivity index is 2.44. The molecule has 3 rings (SSSR count). The van der Waals surface area contributed by atoms with Crippen molar-refractivity contribution in [2.75, 3.05) is 0 Å². The van der Waals surface area contributed by atoms with Gasteiger partial charge in [0.25, 0.3) is 0 Å². The molecular weight excluding hydrogens is 271 g/mol. The number of benzene rings is 2. The Hall–Kier alpha value is -1.26. The van der Waals surface area contributed by atoms with Crippen molar-refractivity contribution < 1.29 is 0 Å². The fourth-order valence-corrected chi connectivity index (χ4v) is 4.52.